The molecule has 156 valence electrons. The lowest BCUT2D eigenvalue weighted by Gasteiger charge is -2.34. The lowest BCUT2D eigenvalue weighted by molar-refractivity contribution is -0.0334. The van der Waals surface area contributed by atoms with Crippen LogP contribution >= 0.6 is 0 Å². The number of likely N-dealkylation sites (tertiary alicyclic amines) is 1. The van der Waals surface area contributed by atoms with Crippen molar-refractivity contribution in [2.45, 2.75) is 38.6 Å². The highest BCUT2D eigenvalue weighted by molar-refractivity contribution is 5.80. The first-order valence-corrected chi connectivity index (χ1v) is 10.5. The second-order valence-electron chi connectivity index (χ2n) is 7.99. The minimum Gasteiger partial charge on any atom is -0.377 e. The molecule has 0 saturated carbocycles. The van der Waals surface area contributed by atoms with Crippen LogP contribution in [0.2, 0.25) is 0 Å². The minimum atomic E-state index is -0.0491. The van der Waals surface area contributed by atoms with Gasteiger partial charge in [-0.1, -0.05) is 12.1 Å². The highest BCUT2D eigenvalue weighted by Gasteiger charge is 2.25. The number of hydrogen-bond donors (Lipinski definition) is 1. The summed E-state index contributed by atoms with van der Waals surface area (Å²) < 4.78 is 11.8. The van der Waals surface area contributed by atoms with Crippen LogP contribution in [0.15, 0.2) is 35.1 Å². The molecule has 0 bridgehead atoms. The molecule has 1 atom stereocenters. The Morgan fingerprint density at radius 2 is 1.86 bits per heavy atom. The van der Waals surface area contributed by atoms with Crippen LogP contribution in [0.5, 0.6) is 0 Å². The molecule has 3 aromatic rings. The molecule has 1 unspecified atom stereocenters. The van der Waals surface area contributed by atoms with Gasteiger partial charge in [0.15, 0.2) is 0 Å². The van der Waals surface area contributed by atoms with Crippen molar-refractivity contribution >= 4 is 16.6 Å². The second kappa shape index (κ2) is 9.07. The Kier molecular flexibility index (Phi) is 6.28. The third-order valence-electron chi connectivity index (χ3n) is 5.69. The lowest BCUT2D eigenvalue weighted by Crippen LogP contribution is -2.39. The molecule has 2 aliphatic heterocycles. The first-order valence-electron chi connectivity index (χ1n) is 10.5. The molecule has 5 rings (SSSR count). The highest BCUT2D eigenvalue weighted by Crippen LogP contribution is 2.28. The standard InChI is InChI=1S/C18H22N4O.C4H8O2/c1-12(2)21-9-5-6-13(11-21)15-10-17-19-18(23)14-7-3-4-8-16(14)22(17)20-15;1-2-6-4-3-5-1/h3-4,7-8,10,12-13H,5-6,9,11H2,1-2H3,(H,19,23);1-4H2. The van der Waals surface area contributed by atoms with E-state index in [1.54, 1.807) is 0 Å². The smallest absolute Gasteiger partial charge is 0.259 e. The number of piperidine rings is 1. The predicted molar refractivity (Wildman–Crippen MR) is 114 cm³/mol. The number of fused-ring (bicyclic) bond motifs is 3. The summed E-state index contributed by atoms with van der Waals surface area (Å²) in [5.74, 6) is 0.438. The zero-order valence-corrected chi connectivity index (χ0v) is 17.3. The van der Waals surface area contributed by atoms with Crippen molar-refractivity contribution in [2.24, 2.45) is 0 Å². The number of para-hydroxylation sites is 1. The van der Waals surface area contributed by atoms with Gasteiger partial charge in [0.05, 0.1) is 43.0 Å². The summed E-state index contributed by atoms with van der Waals surface area (Å²) in [5, 5.41) is 5.50. The number of aromatic amines is 1. The maximum Gasteiger partial charge on any atom is 0.259 e. The van der Waals surface area contributed by atoms with Crippen LogP contribution in [0.25, 0.3) is 16.6 Å². The summed E-state index contributed by atoms with van der Waals surface area (Å²) in [6.45, 7) is 9.82. The normalized spacial score (nSPS) is 20.7. The Morgan fingerprint density at radius 3 is 2.55 bits per heavy atom. The van der Waals surface area contributed by atoms with Crippen LogP contribution in [-0.4, -0.2) is 65.1 Å². The third-order valence-corrected chi connectivity index (χ3v) is 5.69. The Morgan fingerprint density at radius 1 is 1.14 bits per heavy atom. The zero-order chi connectivity index (χ0) is 20.2. The molecule has 4 heterocycles. The number of nitrogens with zero attached hydrogens (tertiary/aromatic N) is 3. The third kappa shape index (κ3) is 4.52. The molecule has 2 aromatic heterocycles. The van der Waals surface area contributed by atoms with Gasteiger partial charge in [-0.2, -0.15) is 5.10 Å². The molecule has 0 aliphatic carbocycles. The van der Waals surface area contributed by atoms with Gasteiger partial charge in [-0.25, -0.2) is 4.52 Å². The molecule has 1 aromatic carbocycles. The molecule has 2 saturated heterocycles. The second-order valence-corrected chi connectivity index (χ2v) is 7.99. The molecule has 1 N–H and O–H groups in total. The number of rotatable bonds is 2. The number of hydrogen-bond acceptors (Lipinski definition) is 5. The number of nitrogens with one attached hydrogen (secondary N) is 1. The van der Waals surface area contributed by atoms with Crippen molar-refractivity contribution in [2.75, 3.05) is 39.5 Å². The van der Waals surface area contributed by atoms with Crippen molar-refractivity contribution in [1.82, 2.24) is 19.5 Å². The summed E-state index contributed by atoms with van der Waals surface area (Å²) >= 11 is 0. The summed E-state index contributed by atoms with van der Waals surface area (Å²) in [6.07, 6.45) is 2.36. The van der Waals surface area contributed by atoms with Crippen molar-refractivity contribution < 1.29 is 9.47 Å². The molecule has 0 amide bonds. The molecule has 2 aliphatic rings. The number of aromatic nitrogens is 3. The Labute approximate surface area is 170 Å². The summed E-state index contributed by atoms with van der Waals surface area (Å²) in [5.41, 5.74) is 2.69. The minimum absolute atomic E-state index is 0.0491. The van der Waals surface area contributed by atoms with Gasteiger partial charge in [0.1, 0.15) is 5.65 Å². The van der Waals surface area contributed by atoms with Gasteiger partial charge in [-0.3, -0.25) is 4.79 Å². The van der Waals surface area contributed by atoms with Crippen molar-refractivity contribution in [3.8, 4) is 0 Å². The van der Waals surface area contributed by atoms with Gasteiger partial charge in [-0.05, 0) is 45.4 Å². The molecular weight excluding hydrogens is 368 g/mol. The maximum absolute atomic E-state index is 12.2. The number of benzene rings is 1. The lowest BCUT2D eigenvalue weighted by atomic mass is 9.94. The summed E-state index contributed by atoms with van der Waals surface area (Å²) in [7, 11) is 0. The van der Waals surface area contributed by atoms with Gasteiger partial charge >= 0.3 is 0 Å². The van der Waals surface area contributed by atoms with E-state index in [4.69, 9.17) is 14.6 Å². The molecule has 7 nitrogen and oxygen atoms in total. The fraction of sp³-hybridized carbons (Fsp3) is 0.545. The first kappa shape index (κ1) is 20.1. The summed E-state index contributed by atoms with van der Waals surface area (Å²) in [6, 6.07) is 10.2. The van der Waals surface area contributed by atoms with Crippen molar-refractivity contribution in [1.29, 1.82) is 0 Å². The fourth-order valence-electron chi connectivity index (χ4n) is 4.06. The Bertz CT molecular complexity index is 995. The number of ether oxygens (including phenoxy) is 2. The van der Waals surface area contributed by atoms with E-state index in [-0.39, 0.29) is 5.56 Å². The predicted octanol–water partition coefficient (Wildman–Crippen LogP) is 2.80. The fourth-order valence-corrected chi connectivity index (χ4v) is 4.06. The molecule has 7 heteroatoms. The quantitative estimate of drug-likeness (QED) is 0.719. The Hall–Kier alpha value is -2.22. The molecule has 0 spiro atoms. The van der Waals surface area contributed by atoms with Crippen LogP contribution in [0.1, 0.15) is 38.3 Å². The van der Waals surface area contributed by atoms with Crippen LogP contribution in [0.3, 0.4) is 0 Å². The van der Waals surface area contributed by atoms with E-state index in [0.717, 1.165) is 56.3 Å². The molecular formula is C22H30N4O3. The molecule has 29 heavy (non-hydrogen) atoms. The van der Waals surface area contributed by atoms with Crippen molar-refractivity contribution in [3.63, 3.8) is 0 Å². The SMILES string of the molecule is C1COCCO1.CC(C)N1CCCC(c2cc3[nH]c(=O)c4ccccc4n3n2)C1. The largest absolute Gasteiger partial charge is 0.377 e. The van der Waals surface area contributed by atoms with E-state index in [9.17, 15) is 4.79 Å². The van der Waals surface area contributed by atoms with E-state index in [1.807, 2.05) is 34.8 Å². The van der Waals surface area contributed by atoms with Crippen LogP contribution in [-0.2, 0) is 9.47 Å². The van der Waals surface area contributed by atoms with E-state index < -0.39 is 0 Å². The maximum atomic E-state index is 12.2. The van der Waals surface area contributed by atoms with Crippen LogP contribution in [0, 0.1) is 0 Å². The molecule has 2 fully saturated rings. The van der Waals surface area contributed by atoms with Gasteiger partial charge in [0, 0.05) is 24.6 Å². The van der Waals surface area contributed by atoms with Crippen molar-refractivity contribution in [3.05, 3.63) is 46.4 Å². The average Bonchev–Trinajstić information content (AvgIpc) is 3.20. The van der Waals surface area contributed by atoms with E-state index >= 15 is 0 Å². The van der Waals surface area contributed by atoms with Crippen LogP contribution in [0.4, 0.5) is 0 Å². The molecule has 0 radical (unpaired) electrons. The van der Waals surface area contributed by atoms with Gasteiger partial charge in [0.25, 0.3) is 5.56 Å². The van der Waals surface area contributed by atoms with Gasteiger partial charge in [0.2, 0.25) is 0 Å². The number of H-pyrrole nitrogens is 1. The van der Waals surface area contributed by atoms with Gasteiger partial charge in [-0.15, -0.1) is 0 Å². The summed E-state index contributed by atoms with van der Waals surface area (Å²) in [4.78, 5) is 17.7. The monoisotopic (exact) mass is 398 g/mol. The van der Waals surface area contributed by atoms with Crippen LogP contribution < -0.4 is 5.56 Å². The zero-order valence-electron chi connectivity index (χ0n) is 17.3. The average molecular weight is 399 g/mol. The van der Waals surface area contributed by atoms with Gasteiger partial charge < -0.3 is 19.4 Å². The van der Waals surface area contributed by atoms with E-state index in [1.165, 1.54) is 13.0 Å². The Balaban J connectivity index is 0.000000294. The first-order chi connectivity index (χ1) is 14.1. The van der Waals surface area contributed by atoms with E-state index in [0.29, 0.717) is 17.3 Å². The topological polar surface area (TPSA) is 71.9 Å². The highest BCUT2D eigenvalue weighted by atomic mass is 16.6. The van der Waals surface area contributed by atoms with E-state index in [2.05, 4.69) is 23.7 Å².